The summed E-state index contributed by atoms with van der Waals surface area (Å²) in [7, 11) is 0. The predicted octanol–water partition coefficient (Wildman–Crippen LogP) is 4.97. The molecule has 4 rings (SSSR count). The number of carbonyl (C=O) groups is 1. The zero-order valence-electron chi connectivity index (χ0n) is 17.7. The topological polar surface area (TPSA) is 78.9 Å². The van der Waals surface area contributed by atoms with E-state index in [1.165, 1.54) is 0 Å². The minimum Gasteiger partial charge on any atom is -0.393 e. The van der Waals surface area contributed by atoms with E-state index in [0.29, 0.717) is 22.9 Å². The van der Waals surface area contributed by atoms with Crippen molar-refractivity contribution in [1.29, 1.82) is 0 Å². The SMILES string of the molecule is C[C@H]1C[C@@H](N2C(=O)C[C@@](C)(c3cccc(-c4cccc(Cl)c4)c3Cl)N=C2N)CC[C@@H]1O. The van der Waals surface area contributed by atoms with Crippen LogP contribution in [0.2, 0.25) is 10.0 Å². The summed E-state index contributed by atoms with van der Waals surface area (Å²) in [6, 6.07) is 13.2. The Labute approximate surface area is 192 Å². The first-order valence-corrected chi connectivity index (χ1v) is 11.4. The minimum atomic E-state index is -0.858. The van der Waals surface area contributed by atoms with Gasteiger partial charge in [0.2, 0.25) is 5.91 Å². The fraction of sp³-hybridized carbons (Fsp3) is 0.417. The number of carbonyl (C=O) groups excluding carboxylic acids is 1. The van der Waals surface area contributed by atoms with E-state index in [9.17, 15) is 9.90 Å². The molecular weight excluding hydrogens is 433 g/mol. The molecule has 164 valence electrons. The van der Waals surface area contributed by atoms with E-state index in [2.05, 4.69) is 0 Å². The van der Waals surface area contributed by atoms with E-state index in [4.69, 9.17) is 33.9 Å². The standard InChI is InChI=1S/C24H27Cl2N3O2/c1-14-11-17(9-10-20(14)30)29-21(31)13-24(2,28-23(29)27)19-8-4-7-18(22(19)26)15-5-3-6-16(25)12-15/h3-8,12,14,17,20,30H,9-11,13H2,1-2H3,(H2,27,28)/t14-,17-,20-,24-/m0/s1. The van der Waals surface area contributed by atoms with Crippen LogP contribution in [0, 0.1) is 5.92 Å². The van der Waals surface area contributed by atoms with E-state index in [-0.39, 0.29) is 36.4 Å². The van der Waals surface area contributed by atoms with Gasteiger partial charge >= 0.3 is 0 Å². The molecule has 1 saturated carbocycles. The molecule has 5 nitrogen and oxygen atoms in total. The highest BCUT2D eigenvalue weighted by Crippen LogP contribution is 2.42. The maximum absolute atomic E-state index is 13.2. The molecule has 0 radical (unpaired) electrons. The van der Waals surface area contributed by atoms with Crippen LogP contribution in [0.4, 0.5) is 0 Å². The zero-order chi connectivity index (χ0) is 22.3. The van der Waals surface area contributed by atoms with Gasteiger partial charge in [0.15, 0.2) is 5.96 Å². The minimum absolute atomic E-state index is 0.0348. The van der Waals surface area contributed by atoms with Gasteiger partial charge in [0.25, 0.3) is 0 Å². The Kier molecular flexibility index (Phi) is 6.03. The highest BCUT2D eigenvalue weighted by atomic mass is 35.5. The lowest BCUT2D eigenvalue weighted by atomic mass is 9.82. The van der Waals surface area contributed by atoms with Crippen molar-refractivity contribution in [2.45, 2.75) is 57.2 Å². The molecule has 0 spiro atoms. The molecule has 2 aliphatic rings. The predicted molar refractivity (Wildman–Crippen MR) is 125 cm³/mol. The van der Waals surface area contributed by atoms with Crippen LogP contribution in [0.25, 0.3) is 11.1 Å². The summed E-state index contributed by atoms with van der Waals surface area (Å²) >= 11 is 13.0. The Balaban J connectivity index is 1.69. The van der Waals surface area contributed by atoms with Gasteiger partial charge in [-0.2, -0.15) is 0 Å². The van der Waals surface area contributed by atoms with Crippen LogP contribution in [0.3, 0.4) is 0 Å². The van der Waals surface area contributed by atoms with E-state index in [0.717, 1.165) is 23.1 Å². The number of aliphatic hydroxyl groups is 1. The molecule has 31 heavy (non-hydrogen) atoms. The molecule has 4 atom stereocenters. The smallest absolute Gasteiger partial charge is 0.232 e. The number of hydrogen-bond acceptors (Lipinski definition) is 4. The molecule has 1 heterocycles. The Hall–Kier alpha value is -2.08. The Morgan fingerprint density at radius 1 is 1.19 bits per heavy atom. The molecule has 7 heteroatoms. The van der Waals surface area contributed by atoms with Gasteiger partial charge in [-0.3, -0.25) is 9.69 Å². The fourth-order valence-electron chi connectivity index (χ4n) is 4.81. The Morgan fingerprint density at radius 2 is 1.94 bits per heavy atom. The van der Waals surface area contributed by atoms with Crippen molar-refractivity contribution in [2.24, 2.45) is 16.6 Å². The monoisotopic (exact) mass is 459 g/mol. The number of aliphatic hydroxyl groups excluding tert-OH is 1. The summed E-state index contributed by atoms with van der Waals surface area (Å²) in [6.45, 7) is 3.90. The van der Waals surface area contributed by atoms with Gasteiger partial charge in [-0.15, -0.1) is 0 Å². The van der Waals surface area contributed by atoms with Crippen molar-refractivity contribution in [3.05, 3.63) is 58.1 Å². The second-order valence-electron chi connectivity index (χ2n) is 8.87. The molecule has 3 N–H and O–H groups in total. The van der Waals surface area contributed by atoms with Gasteiger partial charge in [0, 0.05) is 16.6 Å². The van der Waals surface area contributed by atoms with Gasteiger partial charge in [-0.05, 0) is 55.4 Å². The van der Waals surface area contributed by atoms with Crippen LogP contribution in [0.1, 0.15) is 45.1 Å². The molecule has 1 aliphatic heterocycles. The number of aliphatic imine (C=N–C) groups is 1. The fourth-order valence-corrected chi connectivity index (χ4v) is 5.44. The number of nitrogens with two attached hydrogens (primary N) is 1. The molecule has 0 saturated heterocycles. The highest BCUT2D eigenvalue weighted by Gasteiger charge is 2.42. The van der Waals surface area contributed by atoms with Crippen molar-refractivity contribution >= 4 is 35.1 Å². The van der Waals surface area contributed by atoms with Crippen molar-refractivity contribution in [1.82, 2.24) is 4.90 Å². The second kappa shape index (κ2) is 8.45. The largest absolute Gasteiger partial charge is 0.393 e. The number of amides is 1. The molecule has 1 fully saturated rings. The van der Waals surface area contributed by atoms with Crippen molar-refractivity contribution in [3.63, 3.8) is 0 Å². The number of nitrogens with zero attached hydrogens (tertiary/aromatic N) is 2. The van der Waals surface area contributed by atoms with Crippen LogP contribution in [-0.4, -0.2) is 34.0 Å². The molecule has 1 aliphatic carbocycles. The third-order valence-electron chi connectivity index (χ3n) is 6.55. The third kappa shape index (κ3) is 4.19. The average molecular weight is 460 g/mol. The van der Waals surface area contributed by atoms with Crippen molar-refractivity contribution in [2.75, 3.05) is 0 Å². The second-order valence-corrected chi connectivity index (χ2v) is 9.69. The van der Waals surface area contributed by atoms with E-state index >= 15 is 0 Å². The maximum Gasteiger partial charge on any atom is 0.232 e. The molecule has 1 amide bonds. The summed E-state index contributed by atoms with van der Waals surface area (Å²) in [5.74, 6) is 0.279. The van der Waals surface area contributed by atoms with Crippen molar-refractivity contribution in [3.8, 4) is 11.1 Å². The highest BCUT2D eigenvalue weighted by molar-refractivity contribution is 6.34. The number of hydrogen-bond donors (Lipinski definition) is 2. The first-order chi connectivity index (χ1) is 14.7. The lowest BCUT2D eigenvalue weighted by Crippen LogP contribution is -2.56. The van der Waals surface area contributed by atoms with Crippen molar-refractivity contribution < 1.29 is 9.90 Å². The van der Waals surface area contributed by atoms with Crippen LogP contribution in [0.15, 0.2) is 47.5 Å². The molecule has 0 bridgehead atoms. The number of guanidine groups is 1. The first kappa shape index (κ1) is 22.1. The van der Waals surface area contributed by atoms with Gasteiger partial charge in [-0.1, -0.05) is 60.5 Å². The van der Waals surface area contributed by atoms with E-state index < -0.39 is 5.54 Å². The van der Waals surface area contributed by atoms with Crippen LogP contribution in [0.5, 0.6) is 0 Å². The van der Waals surface area contributed by atoms with E-state index in [1.54, 1.807) is 4.90 Å². The van der Waals surface area contributed by atoms with Gasteiger partial charge in [0.05, 0.1) is 23.1 Å². The van der Waals surface area contributed by atoms with Gasteiger partial charge in [0.1, 0.15) is 0 Å². The molecular formula is C24H27Cl2N3O2. The number of halogens is 2. The molecule has 2 aromatic rings. The molecule has 0 unspecified atom stereocenters. The third-order valence-corrected chi connectivity index (χ3v) is 7.19. The molecule has 2 aromatic carbocycles. The average Bonchev–Trinajstić information content (AvgIpc) is 2.70. The quantitative estimate of drug-likeness (QED) is 0.679. The lowest BCUT2D eigenvalue weighted by molar-refractivity contribution is -0.132. The zero-order valence-corrected chi connectivity index (χ0v) is 19.2. The van der Waals surface area contributed by atoms with Gasteiger partial charge in [-0.25, -0.2) is 4.99 Å². The van der Waals surface area contributed by atoms with Crippen LogP contribution in [-0.2, 0) is 10.3 Å². The molecule has 0 aromatic heterocycles. The summed E-state index contributed by atoms with van der Waals surface area (Å²) in [5, 5.41) is 11.2. The normalized spacial score (nSPS) is 29.1. The number of rotatable bonds is 3. The number of benzene rings is 2. The lowest BCUT2D eigenvalue weighted by Gasteiger charge is -2.42. The van der Waals surface area contributed by atoms with Gasteiger partial charge < -0.3 is 10.8 Å². The summed E-state index contributed by atoms with van der Waals surface area (Å²) in [6.07, 6.45) is 1.95. The first-order valence-electron chi connectivity index (χ1n) is 10.6. The van der Waals surface area contributed by atoms with Crippen LogP contribution < -0.4 is 5.73 Å². The Morgan fingerprint density at radius 3 is 2.61 bits per heavy atom. The van der Waals surface area contributed by atoms with Crippen LogP contribution >= 0.6 is 23.2 Å². The summed E-state index contributed by atoms with van der Waals surface area (Å²) in [4.78, 5) is 19.6. The summed E-state index contributed by atoms with van der Waals surface area (Å²) in [5.41, 5.74) is 7.98. The van der Waals surface area contributed by atoms with E-state index in [1.807, 2.05) is 56.3 Å². The maximum atomic E-state index is 13.2. The Bertz CT molecular complexity index is 1040. The summed E-state index contributed by atoms with van der Waals surface area (Å²) < 4.78 is 0.